The predicted molar refractivity (Wildman–Crippen MR) is 59.6 cm³/mol. The maximum absolute atomic E-state index is 10.4. The number of aryl methyl sites for hydroxylation is 1. The van der Waals surface area contributed by atoms with Crippen molar-refractivity contribution in [2.24, 2.45) is 5.73 Å². The number of hydrogen-bond acceptors (Lipinski definition) is 2. The molecule has 82 valence electrons. The number of carboxylic acid groups (broad SMARTS) is 1. The van der Waals surface area contributed by atoms with E-state index >= 15 is 0 Å². The highest BCUT2D eigenvalue weighted by molar-refractivity contribution is 5.67. The van der Waals surface area contributed by atoms with Crippen LogP contribution in [0, 0.1) is 0 Å². The quantitative estimate of drug-likeness (QED) is 0.747. The molecule has 0 spiro atoms. The van der Waals surface area contributed by atoms with Crippen LogP contribution in [0.2, 0.25) is 0 Å². The summed E-state index contributed by atoms with van der Waals surface area (Å²) in [5, 5.41) is 8.52. The van der Waals surface area contributed by atoms with Crippen LogP contribution in [-0.4, -0.2) is 17.1 Å². The molecule has 0 saturated heterocycles. The van der Waals surface area contributed by atoms with Gasteiger partial charge in [0.1, 0.15) is 0 Å². The van der Waals surface area contributed by atoms with Gasteiger partial charge in [-0.2, -0.15) is 0 Å². The Bertz CT molecular complexity index is 298. The number of hydrogen-bond donors (Lipinski definition) is 2. The normalized spacial score (nSPS) is 12.3. The Kier molecular flexibility index (Phi) is 4.84. The second-order valence-electron chi connectivity index (χ2n) is 3.74. The Hall–Kier alpha value is -1.35. The molecule has 15 heavy (non-hydrogen) atoms. The third-order valence-electron chi connectivity index (χ3n) is 2.32. The fourth-order valence-electron chi connectivity index (χ4n) is 1.54. The van der Waals surface area contributed by atoms with Crippen molar-refractivity contribution in [3.8, 4) is 0 Å². The van der Waals surface area contributed by atoms with Gasteiger partial charge in [0.2, 0.25) is 0 Å². The zero-order valence-electron chi connectivity index (χ0n) is 8.73. The van der Waals surface area contributed by atoms with E-state index in [9.17, 15) is 4.79 Å². The summed E-state index contributed by atoms with van der Waals surface area (Å²) in [6.07, 6.45) is 2.74. The molecule has 3 heteroatoms. The first-order valence-corrected chi connectivity index (χ1v) is 5.20. The second-order valence-corrected chi connectivity index (χ2v) is 3.74. The summed E-state index contributed by atoms with van der Waals surface area (Å²) in [7, 11) is 0. The molecule has 3 N–H and O–H groups in total. The van der Waals surface area contributed by atoms with Crippen LogP contribution < -0.4 is 5.73 Å². The predicted octanol–water partition coefficient (Wildman–Crippen LogP) is 1.81. The minimum atomic E-state index is -0.817. The third kappa shape index (κ3) is 5.18. The third-order valence-corrected chi connectivity index (χ3v) is 2.32. The lowest BCUT2D eigenvalue weighted by Crippen LogP contribution is -2.23. The summed E-state index contributed by atoms with van der Waals surface area (Å²) >= 11 is 0. The topological polar surface area (TPSA) is 63.3 Å². The van der Waals surface area contributed by atoms with Crippen molar-refractivity contribution in [2.45, 2.75) is 31.7 Å². The van der Waals surface area contributed by atoms with E-state index < -0.39 is 5.97 Å². The van der Waals surface area contributed by atoms with Gasteiger partial charge in [-0.1, -0.05) is 30.3 Å². The Balaban J connectivity index is 2.19. The van der Waals surface area contributed by atoms with Crippen LogP contribution >= 0.6 is 0 Å². The van der Waals surface area contributed by atoms with Crippen molar-refractivity contribution in [3.05, 3.63) is 35.9 Å². The fraction of sp³-hybridized carbons (Fsp3) is 0.417. The Morgan fingerprint density at radius 2 is 2.00 bits per heavy atom. The van der Waals surface area contributed by atoms with Crippen LogP contribution in [0.5, 0.6) is 0 Å². The summed E-state index contributed by atoms with van der Waals surface area (Å²) in [5.74, 6) is -0.817. The molecule has 0 aliphatic rings. The molecule has 0 fully saturated rings. The van der Waals surface area contributed by atoms with Gasteiger partial charge >= 0.3 is 5.97 Å². The Morgan fingerprint density at radius 3 is 2.60 bits per heavy atom. The SMILES string of the molecule is N[C@@H](CCCc1ccccc1)CC(=O)O. The summed E-state index contributed by atoms with van der Waals surface area (Å²) in [5.41, 5.74) is 6.94. The van der Waals surface area contributed by atoms with Gasteiger partial charge in [0.15, 0.2) is 0 Å². The fourth-order valence-corrected chi connectivity index (χ4v) is 1.54. The van der Waals surface area contributed by atoms with Gasteiger partial charge in [-0.15, -0.1) is 0 Å². The summed E-state index contributed by atoms with van der Waals surface area (Å²) in [6.45, 7) is 0. The lowest BCUT2D eigenvalue weighted by molar-refractivity contribution is -0.137. The minimum Gasteiger partial charge on any atom is -0.481 e. The smallest absolute Gasteiger partial charge is 0.304 e. The molecule has 0 amide bonds. The lowest BCUT2D eigenvalue weighted by atomic mass is 10.0. The van der Waals surface area contributed by atoms with Crippen LogP contribution in [-0.2, 0) is 11.2 Å². The zero-order chi connectivity index (χ0) is 11.1. The van der Waals surface area contributed by atoms with E-state index in [0.717, 1.165) is 19.3 Å². The van der Waals surface area contributed by atoms with E-state index in [1.54, 1.807) is 0 Å². The van der Waals surface area contributed by atoms with E-state index in [2.05, 4.69) is 12.1 Å². The van der Waals surface area contributed by atoms with Crippen LogP contribution in [0.4, 0.5) is 0 Å². The molecule has 0 heterocycles. The van der Waals surface area contributed by atoms with E-state index in [-0.39, 0.29) is 12.5 Å². The van der Waals surface area contributed by atoms with Gasteiger partial charge in [0.25, 0.3) is 0 Å². The monoisotopic (exact) mass is 207 g/mol. The highest BCUT2D eigenvalue weighted by Gasteiger charge is 2.07. The first-order valence-electron chi connectivity index (χ1n) is 5.20. The maximum atomic E-state index is 10.4. The molecule has 0 unspecified atom stereocenters. The van der Waals surface area contributed by atoms with Crippen molar-refractivity contribution >= 4 is 5.97 Å². The summed E-state index contributed by atoms with van der Waals surface area (Å²) in [4.78, 5) is 10.4. The van der Waals surface area contributed by atoms with Crippen molar-refractivity contribution in [1.29, 1.82) is 0 Å². The molecule has 0 bridgehead atoms. The van der Waals surface area contributed by atoms with Crippen molar-refractivity contribution in [1.82, 2.24) is 0 Å². The molecule has 1 aromatic rings. The number of carboxylic acids is 1. The van der Waals surface area contributed by atoms with Gasteiger partial charge in [-0.25, -0.2) is 0 Å². The summed E-state index contributed by atoms with van der Waals surface area (Å²) < 4.78 is 0. The highest BCUT2D eigenvalue weighted by atomic mass is 16.4. The number of nitrogens with two attached hydrogens (primary N) is 1. The Morgan fingerprint density at radius 1 is 1.33 bits per heavy atom. The van der Waals surface area contributed by atoms with Gasteiger partial charge < -0.3 is 10.8 Å². The molecule has 1 atom stereocenters. The maximum Gasteiger partial charge on any atom is 0.304 e. The van der Waals surface area contributed by atoms with Crippen molar-refractivity contribution in [3.63, 3.8) is 0 Å². The molecular weight excluding hydrogens is 190 g/mol. The second kappa shape index (κ2) is 6.19. The molecule has 3 nitrogen and oxygen atoms in total. The highest BCUT2D eigenvalue weighted by Crippen LogP contribution is 2.07. The number of carbonyl (C=O) groups is 1. The molecule has 1 aromatic carbocycles. The standard InChI is InChI=1S/C12H17NO2/c13-11(9-12(14)15)8-4-7-10-5-2-1-3-6-10/h1-3,5-6,11H,4,7-9,13H2,(H,14,15)/t11-/m0/s1. The average Bonchev–Trinajstić information content (AvgIpc) is 2.18. The number of rotatable bonds is 6. The largest absolute Gasteiger partial charge is 0.481 e. The molecule has 1 rings (SSSR count). The molecule has 0 aliphatic carbocycles. The van der Waals surface area contributed by atoms with Gasteiger partial charge in [0, 0.05) is 6.04 Å². The Labute approximate surface area is 89.9 Å². The molecule has 0 aromatic heterocycles. The van der Waals surface area contributed by atoms with Crippen LogP contribution in [0.1, 0.15) is 24.8 Å². The number of benzene rings is 1. The molecular formula is C12H17NO2. The van der Waals surface area contributed by atoms with Gasteiger partial charge in [-0.05, 0) is 24.8 Å². The van der Waals surface area contributed by atoms with Crippen LogP contribution in [0.3, 0.4) is 0 Å². The molecule has 0 saturated carbocycles. The van der Waals surface area contributed by atoms with Crippen LogP contribution in [0.15, 0.2) is 30.3 Å². The first kappa shape index (κ1) is 11.7. The van der Waals surface area contributed by atoms with Gasteiger partial charge in [-0.3, -0.25) is 4.79 Å². The van der Waals surface area contributed by atoms with E-state index in [1.165, 1.54) is 5.56 Å². The average molecular weight is 207 g/mol. The minimum absolute atomic E-state index is 0.0643. The van der Waals surface area contributed by atoms with Gasteiger partial charge in [0.05, 0.1) is 6.42 Å². The van der Waals surface area contributed by atoms with Crippen molar-refractivity contribution in [2.75, 3.05) is 0 Å². The van der Waals surface area contributed by atoms with E-state index in [0.29, 0.717) is 0 Å². The lowest BCUT2D eigenvalue weighted by Gasteiger charge is -2.08. The van der Waals surface area contributed by atoms with Crippen LogP contribution in [0.25, 0.3) is 0 Å². The van der Waals surface area contributed by atoms with Crippen molar-refractivity contribution < 1.29 is 9.90 Å². The van der Waals surface area contributed by atoms with E-state index in [1.807, 2.05) is 18.2 Å². The van der Waals surface area contributed by atoms with E-state index in [4.69, 9.17) is 10.8 Å². The zero-order valence-corrected chi connectivity index (χ0v) is 8.73. The summed E-state index contributed by atoms with van der Waals surface area (Å²) in [6, 6.07) is 9.93. The first-order chi connectivity index (χ1) is 7.18. The molecule has 0 aliphatic heterocycles. The molecule has 0 radical (unpaired) electrons. The number of aliphatic carboxylic acids is 1.